The van der Waals surface area contributed by atoms with Crippen LogP contribution in [0.3, 0.4) is 0 Å². The summed E-state index contributed by atoms with van der Waals surface area (Å²) in [5.74, 6) is -1.75. The van der Waals surface area contributed by atoms with Crippen LogP contribution in [0.5, 0.6) is 0 Å². The van der Waals surface area contributed by atoms with Crippen LogP contribution >= 0.6 is 0 Å². The first-order valence-electron chi connectivity index (χ1n) is 5.29. The van der Waals surface area contributed by atoms with Crippen LogP contribution in [0.15, 0.2) is 29.2 Å². The third-order valence-corrected chi connectivity index (χ3v) is 4.18. The first kappa shape index (κ1) is 15.1. The number of benzene rings is 1. The number of primary amides is 1. The van der Waals surface area contributed by atoms with Crippen LogP contribution < -0.4 is 5.73 Å². The normalized spacial score (nSPS) is 11.5. The predicted molar refractivity (Wildman–Crippen MR) is 66.8 cm³/mol. The highest BCUT2D eigenvalue weighted by Gasteiger charge is 2.21. The van der Waals surface area contributed by atoms with Crippen molar-refractivity contribution in [2.75, 3.05) is 13.6 Å². The molecule has 0 bridgehead atoms. The molecule has 0 aliphatic rings. The van der Waals surface area contributed by atoms with Crippen molar-refractivity contribution in [3.05, 3.63) is 29.8 Å². The van der Waals surface area contributed by atoms with E-state index in [2.05, 4.69) is 0 Å². The van der Waals surface area contributed by atoms with Crippen molar-refractivity contribution >= 4 is 21.9 Å². The average molecular weight is 286 g/mol. The predicted octanol–water partition coefficient (Wildman–Crippen LogP) is -0.580. The van der Waals surface area contributed by atoms with Gasteiger partial charge in [-0.15, -0.1) is 0 Å². The number of sulfonamides is 1. The van der Waals surface area contributed by atoms with Crippen LogP contribution in [0.4, 0.5) is 0 Å². The van der Waals surface area contributed by atoms with Gasteiger partial charge in [0.2, 0.25) is 15.9 Å². The highest BCUT2D eigenvalue weighted by atomic mass is 32.2. The Hall–Kier alpha value is -1.93. The van der Waals surface area contributed by atoms with E-state index in [1.807, 2.05) is 0 Å². The first-order valence-corrected chi connectivity index (χ1v) is 6.73. The summed E-state index contributed by atoms with van der Waals surface area (Å²) in [6.07, 6.45) is -0.183. The van der Waals surface area contributed by atoms with E-state index in [0.717, 1.165) is 4.31 Å². The number of carboxylic acids is 1. The first-order chi connectivity index (χ1) is 8.73. The van der Waals surface area contributed by atoms with Gasteiger partial charge in [0.1, 0.15) is 0 Å². The molecule has 0 atom stereocenters. The summed E-state index contributed by atoms with van der Waals surface area (Å²) >= 11 is 0. The number of nitrogens with zero attached hydrogens (tertiary/aromatic N) is 1. The SMILES string of the molecule is CN(CC(N)=O)S(=O)(=O)c1ccc(CC(=O)O)cc1. The number of nitrogens with two attached hydrogens (primary N) is 1. The van der Waals surface area contributed by atoms with Gasteiger partial charge in [-0.25, -0.2) is 8.42 Å². The molecule has 7 nitrogen and oxygen atoms in total. The highest BCUT2D eigenvalue weighted by molar-refractivity contribution is 7.89. The molecule has 0 aromatic heterocycles. The Kier molecular flexibility index (Phi) is 4.62. The van der Waals surface area contributed by atoms with Crippen molar-refractivity contribution in [3.63, 3.8) is 0 Å². The Morgan fingerprint density at radius 3 is 2.21 bits per heavy atom. The monoisotopic (exact) mass is 286 g/mol. The highest BCUT2D eigenvalue weighted by Crippen LogP contribution is 2.15. The summed E-state index contributed by atoms with van der Waals surface area (Å²) in [5.41, 5.74) is 5.43. The summed E-state index contributed by atoms with van der Waals surface area (Å²) in [6.45, 7) is -0.417. The van der Waals surface area contributed by atoms with Gasteiger partial charge in [-0.05, 0) is 17.7 Å². The molecule has 0 saturated carbocycles. The Morgan fingerprint density at radius 2 is 1.79 bits per heavy atom. The second kappa shape index (κ2) is 5.81. The molecule has 8 heteroatoms. The minimum Gasteiger partial charge on any atom is -0.481 e. The van der Waals surface area contributed by atoms with E-state index in [0.29, 0.717) is 5.56 Å². The molecule has 0 aliphatic heterocycles. The Balaban J connectivity index is 2.96. The maximum Gasteiger partial charge on any atom is 0.307 e. The molecule has 1 aromatic rings. The van der Waals surface area contributed by atoms with Gasteiger partial charge >= 0.3 is 5.97 Å². The fraction of sp³-hybridized carbons (Fsp3) is 0.273. The van der Waals surface area contributed by atoms with Crippen molar-refractivity contribution < 1.29 is 23.1 Å². The number of aliphatic carboxylic acids is 1. The maximum atomic E-state index is 12.0. The number of likely N-dealkylation sites (N-methyl/N-ethyl adjacent to an activating group) is 1. The molecular formula is C11H14N2O5S. The van der Waals surface area contributed by atoms with Gasteiger partial charge in [-0.2, -0.15) is 4.31 Å². The van der Waals surface area contributed by atoms with Crippen LogP contribution in [0.2, 0.25) is 0 Å². The van der Waals surface area contributed by atoms with E-state index in [9.17, 15) is 18.0 Å². The van der Waals surface area contributed by atoms with Crippen molar-refractivity contribution in [1.29, 1.82) is 0 Å². The second-order valence-electron chi connectivity index (χ2n) is 3.94. The Bertz CT molecular complexity index is 580. The van der Waals surface area contributed by atoms with Gasteiger partial charge in [0.15, 0.2) is 0 Å². The molecule has 0 saturated heterocycles. The van der Waals surface area contributed by atoms with E-state index < -0.39 is 28.4 Å². The third-order valence-electron chi connectivity index (χ3n) is 2.37. The van der Waals surface area contributed by atoms with Crippen LogP contribution in [-0.2, 0) is 26.0 Å². The molecule has 0 unspecified atom stereocenters. The van der Waals surface area contributed by atoms with E-state index in [-0.39, 0.29) is 11.3 Å². The van der Waals surface area contributed by atoms with Gasteiger partial charge in [-0.3, -0.25) is 9.59 Å². The van der Waals surface area contributed by atoms with Crippen molar-refractivity contribution in [3.8, 4) is 0 Å². The number of rotatable bonds is 6. The summed E-state index contributed by atoms with van der Waals surface area (Å²) in [6, 6.07) is 5.43. The third kappa shape index (κ3) is 4.04. The molecule has 19 heavy (non-hydrogen) atoms. The number of carbonyl (C=O) groups excluding carboxylic acids is 1. The van der Waals surface area contributed by atoms with Crippen molar-refractivity contribution in [2.24, 2.45) is 5.73 Å². The van der Waals surface area contributed by atoms with Crippen LogP contribution in [0, 0.1) is 0 Å². The summed E-state index contributed by atoms with van der Waals surface area (Å²) < 4.78 is 24.8. The van der Waals surface area contributed by atoms with Crippen LogP contribution in [0.25, 0.3) is 0 Å². The van der Waals surface area contributed by atoms with Gasteiger partial charge < -0.3 is 10.8 Å². The molecule has 0 aliphatic carbocycles. The molecule has 0 fully saturated rings. The molecule has 1 aromatic carbocycles. The number of hydrogen-bond acceptors (Lipinski definition) is 4. The second-order valence-corrected chi connectivity index (χ2v) is 5.99. The van der Waals surface area contributed by atoms with Gasteiger partial charge in [0, 0.05) is 7.05 Å². The Morgan fingerprint density at radius 1 is 1.26 bits per heavy atom. The number of amides is 1. The van der Waals surface area contributed by atoms with E-state index in [4.69, 9.17) is 10.8 Å². The zero-order valence-corrected chi connectivity index (χ0v) is 11.1. The van der Waals surface area contributed by atoms with Crippen molar-refractivity contribution in [1.82, 2.24) is 4.31 Å². The van der Waals surface area contributed by atoms with Gasteiger partial charge in [0.05, 0.1) is 17.9 Å². The standard InChI is InChI=1S/C11H14N2O5S/c1-13(7-10(12)14)19(17,18)9-4-2-8(3-5-9)6-11(15)16/h2-5H,6-7H2,1H3,(H2,12,14)(H,15,16). The minimum absolute atomic E-state index is 0.0228. The van der Waals surface area contributed by atoms with Crippen molar-refractivity contribution in [2.45, 2.75) is 11.3 Å². The van der Waals surface area contributed by atoms with E-state index >= 15 is 0 Å². The number of carboxylic acid groups (broad SMARTS) is 1. The lowest BCUT2D eigenvalue weighted by Crippen LogP contribution is -2.35. The lowest BCUT2D eigenvalue weighted by molar-refractivity contribution is -0.136. The Labute approximate surface area is 110 Å². The fourth-order valence-electron chi connectivity index (χ4n) is 1.44. The number of carbonyl (C=O) groups is 2. The molecular weight excluding hydrogens is 272 g/mol. The van der Waals surface area contributed by atoms with Gasteiger partial charge in [0.25, 0.3) is 0 Å². The largest absolute Gasteiger partial charge is 0.481 e. The smallest absolute Gasteiger partial charge is 0.307 e. The maximum absolute atomic E-state index is 12.0. The summed E-state index contributed by atoms with van der Waals surface area (Å²) in [5, 5.41) is 8.61. The van der Waals surface area contributed by atoms with E-state index in [1.165, 1.54) is 31.3 Å². The average Bonchev–Trinajstić information content (AvgIpc) is 2.27. The molecule has 1 rings (SSSR count). The van der Waals surface area contributed by atoms with Crippen LogP contribution in [0.1, 0.15) is 5.56 Å². The minimum atomic E-state index is -3.79. The lowest BCUT2D eigenvalue weighted by Gasteiger charge is -2.15. The molecule has 0 heterocycles. The molecule has 1 amide bonds. The summed E-state index contributed by atoms with van der Waals surface area (Å²) in [7, 11) is -2.55. The topological polar surface area (TPSA) is 118 Å². The molecule has 0 radical (unpaired) electrons. The molecule has 3 N–H and O–H groups in total. The van der Waals surface area contributed by atoms with E-state index in [1.54, 1.807) is 0 Å². The van der Waals surface area contributed by atoms with Crippen LogP contribution in [-0.4, -0.2) is 43.3 Å². The lowest BCUT2D eigenvalue weighted by atomic mass is 10.2. The summed E-state index contributed by atoms with van der Waals surface area (Å²) in [4.78, 5) is 21.2. The zero-order chi connectivity index (χ0) is 14.6. The van der Waals surface area contributed by atoms with Gasteiger partial charge in [-0.1, -0.05) is 12.1 Å². The zero-order valence-electron chi connectivity index (χ0n) is 10.2. The quantitative estimate of drug-likeness (QED) is 0.725. The molecule has 104 valence electrons. The molecule has 0 spiro atoms. The number of hydrogen-bond donors (Lipinski definition) is 2. The fourth-order valence-corrected chi connectivity index (χ4v) is 2.58.